The molecule has 0 bridgehead atoms. The van der Waals surface area contributed by atoms with Crippen molar-refractivity contribution in [2.75, 3.05) is 45.8 Å². The number of hydrogen-bond acceptors (Lipinski definition) is 5. The lowest BCUT2D eigenvalue weighted by Gasteiger charge is -2.33. The highest BCUT2D eigenvalue weighted by atomic mass is 32.2. The molecule has 2 aliphatic heterocycles. The maximum Gasteiger partial charge on any atom is 0.251 e. The number of nitrogens with zero attached hydrogens (tertiary/aromatic N) is 2. The number of carbonyl (C=O) groups is 2. The molecule has 2 N–H and O–H groups in total. The molecule has 9 heteroatoms. The summed E-state index contributed by atoms with van der Waals surface area (Å²) in [6.07, 6.45) is 0. The van der Waals surface area contributed by atoms with Crippen LogP contribution in [-0.4, -0.2) is 75.3 Å². The molecule has 2 fully saturated rings. The summed E-state index contributed by atoms with van der Waals surface area (Å²) in [5.41, 5.74) is 0.334. The van der Waals surface area contributed by atoms with Crippen LogP contribution in [0.3, 0.4) is 0 Å². The van der Waals surface area contributed by atoms with E-state index in [4.69, 9.17) is 0 Å². The van der Waals surface area contributed by atoms with Gasteiger partial charge in [0, 0.05) is 64.2 Å². The van der Waals surface area contributed by atoms with Gasteiger partial charge in [-0.25, -0.2) is 8.42 Å². The number of rotatable bonds is 5. The highest BCUT2D eigenvalue weighted by Gasteiger charge is 2.29. The zero-order valence-corrected chi connectivity index (χ0v) is 15.6. The van der Waals surface area contributed by atoms with Gasteiger partial charge >= 0.3 is 0 Å². The van der Waals surface area contributed by atoms with Crippen LogP contribution >= 0.6 is 0 Å². The summed E-state index contributed by atoms with van der Waals surface area (Å²) < 4.78 is 27.0. The van der Waals surface area contributed by atoms with Crippen molar-refractivity contribution in [3.63, 3.8) is 0 Å². The highest BCUT2D eigenvalue weighted by molar-refractivity contribution is 7.89. The zero-order valence-electron chi connectivity index (χ0n) is 14.8. The number of sulfonamides is 1. The summed E-state index contributed by atoms with van der Waals surface area (Å²) in [6.45, 7) is 5.11. The van der Waals surface area contributed by atoms with Crippen LogP contribution < -0.4 is 10.6 Å². The second-order valence-corrected chi connectivity index (χ2v) is 8.61. The van der Waals surface area contributed by atoms with Crippen molar-refractivity contribution < 1.29 is 18.0 Å². The molecule has 0 saturated carbocycles. The summed E-state index contributed by atoms with van der Waals surface area (Å²) in [4.78, 5) is 25.4. The van der Waals surface area contributed by atoms with Gasteiger partial charge in [-0.15, -0.1) is 0 Å². The van der Waals surface area contributed by atoms with E-state index in [-0.39, 0.29) is 29.8 Å². The van der Waals surface area contributed by atoms with E-state index in [0.717, 1.165) is 13.1 Å². The molecular formula is C17H24N4O4S. The van der Waals surface area contributed by atoms with Crippen molar-refractivity contribution in [3.8, 4) is 0 Å². The molecule has 0 atom stereocenters. The third-order valence-corrected chi connectivity index (χ3v) is 6.73. The van der Waals surface area contributed by atoms with E-state index in [0.29, 0.717) is 31.1 Å². The molecule has 26 heavy (non-hydrogen) atoms. The second-order valence-electron chi connectivity index (χ2n) is 6.67. The number of nitrogens with one attached hydrogen (secondary N) is 2. The van der Waals surface area contributed by atoms with E-state index < -0.39 is 10.0 Å². The molecule has 142 valence electrons. The Bertz CT molecular complexity index is 784. The Morgan fingerprint density at radius 3 is 2.46 bits per heavy atom. The number of piperazine rings is 1. The van der Waals surface area contributed by atoms with Crippen LogP contribution in [0.2, 0.25) is 0 Å². The Kier molecular flexibility index (Phi) is 5.59. The molecule has 0 aromatic heterocycles. The molecule has 1 aromatic rings. The molecular weight excluding hydrogens is 356 g/mol. The van der Waals surface area contributed by atoms with E-state index in [2.05, 4.69) is 10.6 Å². The van der Waals surface area contributed by atoms with Gasteiger partial charge in [-0.05, 0) is 18.2 Å². The maximum absolute atomic E-state index is 12.8. The minimum absolute atomic E-state index is 0.0534. The molecule has 0 unspecified atom stereocenters. The summed E-state index contributed by atoms with van der Waals surface area (Å²) >= 11 is 0. The Balaban J connectivity index is 1.68. The highest BCUT2D eigenvalue weighted by Crippen LogP contribution is 2.19. The molecule has 0 spiro atoms. The first-order valence-electron chi connectivity index (χ1n) is 8.72. The average molecular weight is 380 g/mol. The Morgan fingerprint density at radius 1 is 1.19 bits per heavy atom. The van der Waals surface area contributed by atoms with Crippen LogP contribution in [0.1, 0.15) is 17.3 Å². The molecule has 0 radical (unpaired) electrons. The van der Waals surface area contributed by atoms with Crippen molar-refractivity contribution in [1.29, 1.82) is 0 Å². The van der Waals surface area contributed by atoms with Gasteiger partial charge in [-0.1, -0.05) is 6.07 Å². The van der Waals surface area contributed by atoms with Crippen molar-refractivity contribution in [2.24, 2.45) is 5.92 Å². The molecule has 2 heterocycles. The third kappa shape index (κ3) is 4.05. The lowest BCUT2D eigenvalue weighted by atomic mass is 10.0. The number of carbonyl (C=O) groups excluding carboxylic acids is 2. The van der Waals surface area contributed by atoms with E-state index in [9.17, 15) is 18.0 Å². The first kappa shape index (κ1) is 18.8. The van der Waals surface area contributed by atoms with Crippen LogP contribution in [0.25, 0.3) is 0 Å². The Morgan fingerprint density at radius 2 is 1.88 bits per heavy atom. The fourth-order valence-corrected chi connectivity index (χ4v) is 4.49. The van der Waals surface area contributed by atoms with Crippen molar-refractivity contribution >= 4 is 21.8 Å². The van der Waals surface area contributed by atoms with Gasteiger partial charge in [-0.3, -0.25) is 9.59 Å². The molecule has 0 aliphatic carbocycles. The van der Waals surface area contributed by atoms with Crippen LogP contribution in [0, 0.1) is 5.92 Å². The predicted octanol–water partition coefficient (Wildman–Crippen LogP) is -0.511. The van der Waals surface area contributed by atoms with Gasteiger partial charge in [0.2, 0.25) is 15.9 Å². The zero-order chi connectivity index (χ0) is 18.7. The van der Waals surface area contributed by atoms with Crippen molar-refractivity contribution in [1.82, 2.24) is 19.8 Å². The molecule has 2 amide bonds. The van der Waals surface area contributed by atoms with Gasteiger partial charge in [-0.2, -0.15) is 4.31 Å². The minimum atomic E-state index is -3.69. The predicted molar refractivity (Wildman–Crippen MR) is 96.1 cm³/mol. The first-order chi connectivity index (χ1) is 12.4. The molecule has 2 saturated heterocycles. The summed E-state index contributed by atoms with van der Waals surface area (Å²) in [6, 6.07) is 6.11. The molecule has 2 aliphatic rings. The first-order valence-corrected chi connectivity index (χ1v) is 10.2. The van der Waals surface area contributed by atoms with Crippen LogP contribution in [-0.2, 0) is 14.8 Å². The van der Waals surface area contributed by atoms with Crippen LogP contribution in [0.15, 0.2) is 29.2 Å². The third-order valence-electron chi connectivity index (χ3n) is 4.84. The van der Waals surface area contributed by atoms with Gasteiger partial charge in [0.25, 0.3) is 5.91 Å². The van der Waals surface area contributed by atoms with E-state index in [1.54, 1.807) is 17.0 Å². The SMILES string of the molecule is CC(=O)N1CCN(S(=O)(=O)c2cccc(C(=O)NCC3CNC3)c2)CC1. The number of hydrogen-bond donors (Lipinski definition) is 2. The number of amides is 2. The van der Waals surface area contributed by atoms with Gasteiger partial charge in [0.05, 0.1) is 4.90 Å². The monoisotopic (exact) mass is 380 g/mol. The van der Waals surface area contributed by atoms with Gasteiger partial charge < -0.3 is 15.5 Å². The Labute approximate surface area is 153 Å². The Hall–Kier alpha value is -1.97. The van der Waals surface area contributed by atoms with Crippen molar-refractivity contribution in [2.45, 2.75) is 11.8 Å². The van der Waals surface area contributed by atoms with Gasteiger partial charge in [0.15, 0.2) is 0 Å². The summed E-state index contributed by atoms with van der Waals surface area (Å²) in [5.74, 6) is 0.112. The van der Waals surface area contributed by atoms with E-state index in [1.807, 2.05) is 0 Å². The van der Waals surface area contributed by atoms with E-state index >= 15 is 0 Å². The smallest absolute Gasteiger partial charge is 0.251 e. The molecule has 8 nitrogen and oxygen atoms in total. The van der Waals surface area contributed by atoms with Crippen LogP contribution in [0.5, 0.6) is 0 Å². The standard InChI is InChI=1S/C17H24N4O4S/c1-13(22)20-5-7-21(8-6-20)26(24,25)16-4-2-3-15(9-16)17(23)19-12-14-10-18-11-14/h2-4,9,14,18H,5-8,10-12H2,1H3,(H,19,23). The normalized spacial score (nSPS) is 19.0. The van der Waals surface area contributed by atoms with Gasteiger partial charge in [0.1, 0.15) is 0 Å². The molecule has 1 aromatic carbocycles. The second kappa shape index (κ2) is 7.73. The largest absolute Gasteiger partial charge is 0.352 e. The number of benzene rings is 1. The lowest BCUT2D eigenvalue weighted by molar-refractivity contribution is -0.129. The average Bonchev–Trinajstić information content (AvgIpc) is 2.60. The minimum Gasteiger partial charge on any atom is -0.352 e. The van der Waals surface area contributed by atoms with Crippen molar-refractivity contribution in [3.05, 3.63) is 29.8 Å². The maximum atomic E-state index is 12.8. The molecule has 3 rings (SSSR count). The fourth-order valence-electron chi connectivity index (χ4n) is 3.02. The van der Waals surface area contributed by atoms with Crippen LogP contribution in [0.4, 0.5) is 0 Å². The topological polar surface area (TPSA) is 98.8 Å². The lowest BCUT2D eigenvalue weighted by Crippen LogP contribution is -2.50. The quantitative estimate of drug-likeness (QED) is 0.717. The summed E-state index contributed by atoms with van der Waals surface area (Å²) in [7, 11) is -3.69. The fraction of sp³-hybridized carbons (Fsp3) is 0.529. The summed E-state index contributed by atoms with van der Waals surface area (Å²) in [5, 5.41) is 5.99. The van der Waals surface area contributed by atoms with E-state index in [1.165, 1.54) is 23.4 Å².